The summed E-state index contributed by atoms with van der Waals surface area (Å²) in [7, 11) is 3.29. The van der Waals surface area contributed by atoms with Crippen LogP contribution in [0, 0.1) is 0 Å². The van der Waals surface area contributed by atoms with Gasteiger partial charge in [0.05, 0.1) is 26.4 Å². The van der Waals surface area contributed by atoms with E-state index in [0.29, 0.717) is 0 Å². The second kappa shape index (κ2) is 7.95. The minimum absolute atomic E-state index is 0.0739. The molecule has 2 aromatic carbocycles. The quantitative estimate of drug-likeness (QED) is 0.720. The second-order valence-corrected chi connectivity index (χ2v) is 6.06. The largest absolute Gasteiger partial charge is 0.493 e. The molecule has 0 radical (unpaired) electrons. The summed E-state index contributed by atoms with van der Waals surface area (Å²) in [6.45, 7) is 7.98. The molecular weight excluding hydrogens is 304 g/mol. The molecule has 130 valence electrons. The molecule has 0 saturated carbocycles. The highest BCUT2D eigenvalue weighted by Crippen LogP contribution is 2.37. The molecule has 0 aliphatic carbocycles. The van der Waals surface area contributed by atoms with E-state index in [0.717, 1.165) is 34.1 Å². The van der Waals surface area contributed by atoms with Gasteiger partial charge in [-0.15, -0.1) is 0 Å². The Kier molecular flexibility index (Phi) is 5.96. The highest BCUT2D eigenvalue weighted by Gasteiger charge is 2.12. The Morgan fingerprint density at radius 3 is 1.25 bits per heavy atom. The second-order valence-electron chi connectivity index (χ2n) is 6.06. The molecule has 0 fully saturated rings. The highest BCUT2D eigenvalue weighted by atomic mass is 16.5. The number of rotatable bonds is 7. The Morgan fingerprint density at radius 1 is 0.583 bits per heavy atom. The fraction of sp³-hybridized carbons (Fsp3) is 0.400. The maximum Gasteiger partial charge on any atom is 0.162 e. The van der Waals surface area contributed by atoms with Gasteiger partial charge in [-0.25, -0.2) is 0 Å². The van der Waals surface area contributed by atoms with Crippen molar-refractivity contribution in [2.24, 2.45) is 0 Å². The van der Waals surface area contributed by atoms with E-state index in [2.05, 4.69) is 0 Å². The fourth-order valence-electron chi connectivity index (χ4n) is 2.40. The van der Waals surface area contributed by atoms with Crippen molar-refractivity contribution in [3.63, 3.8) is 0 Å². The summed E-state index contributed by atoms with van der Waals surface area (Å²) in [5.74, 6) is 2.90. The first kappa shape index (κ1) is 18.0. The standard InChI is InChI=1S/C20H26O4/c1-13(2)23-19-11-15(7-9-17(19)21-5)16-8-10-18(22-6)20(12-16)24-14(3)4/h7-14H,1-6H3. The lowest BCUT2D eigenvalue weighted by atomic mass is 10.0. The molecule has 4 heteroatoms. The molecule has 0 aliphatic rings. The van der Waals surface area contributed by atoms with Gasteiger partial charge in [0.25, 0.3) is 0 Å². The van der Waals surface area contributed by atoms with E-state index >= 15 is 0 Å². The van der Waals surface area contributed by atoms with Crippen molar-refractivity contribution in [2.45, 2.75) is 39.9 Å². The third-order valence-corrected chi connectivity index (χ3v) is 3.39. The van der Waals surface area contributed by atoms with Crippen LogP contribution in [0.1, 0.15) is 27.7 Å². The lowest BCUT2D eigenvalue weighted by molar-refractivity contribution is 0.229. The molecule has 0 atom stereocenters. The average Bonchev–Trinajstić information content (AvgIpc) is 2.53. The van der Waals surface area contributed by atoms with Crippen molar-refractivity contribution in [2.75, 3.05) is 14.2 Å². The van der Waals surface area contributed by atoms with Crippen molar-refractivity contribution in [1.29, 1.82) is 0 Å². The van der Waals surface area contributed by atoms with Gasteiger partial charge in [-0.05, 0) is 63.1 Å². The zero-order valence-electron chi connectivity index (χ0n) is 15.3. The third kappa shape index (κ3) is 4.34. The molecule has 0 saturated heterocycles. The smallest absolute Gasteiger partial charge is 0.162 e. The van der Waals surface area contributed by atoms with E-state index in [4.69, 9.17) is 18.9 Å². The minimum Gasteiger partial charge on any atom is -0.493 e. The Bertz CT molecular complexity index is 618. The van der Waals surface area contributed by atoms with Crippen molar-refractivity contribution in [3.05, 3.63) is 36.4 Å². The first-order valence-electron chi connectivity index (χ1n) is 8.14. The minimum atomic E-state index is 0.0739. The maximum absolute atomic E-state index is 5.86. The van der Waals surface area contributed by atoms with Gasteiger partial charge in [0.2, 0.25) is 0 Å². The Morgan fingerprint density at radius 2 is 0.958 bits per heavy atom. The zero-order valence-corrected chi connectivity index (χ0v) is 15.3. The maximum atomic E-state index is 5.86. The van der Waals surface area contributed by atoms with Gasteiger partial charge in [-0.2, -0.15) is 0 Å². The average molecular weight is 330 g/mol. The van der Waals surface area contributed by atoms with Crippen molar-refractivity contribution in [1.82, 2.24) is 0 Å². The first-order valence-corrected chi connectivity index (χ1v) is 8.14. The molecule has 0 bridgehead atoms. The molecule has 2 rings (SSSR count). The van der Waals surface area contributed by atoms with Gasteiger partial charge >= 0.3 is 0 Å². The molecule has 2 aromatic rings. The molecule has 0 aliphatic heterocycles. The molecule has 0 unspecified atom stereocenters. The van der Waals surface area contributed by atoms with Gasteiger partial charge in [0.1, 0.15) is 0 Å². The molecule has 0 amide bonds. The first-order chi connectivity index (χ1) is 11.4. The SMILES string of the molecule is COc1ccc(-c2ccc(OC)c(OC(C)C)c2)cc1OC(C)C. The lowest BCUT2D eigenvalue weighted by Gasteiger charge is -2.17. The van der Waals surface area contributed by atoms with E-state index < -0.39 is 0 Å². The topological polar surface area (TPSA) is 36.9 Å². The van der Waals surface area contributed by atoms with Crippen LogP contribution in [0.2, 0.25) is 0 Å². The van der Waals surface area contributed by atoms with Crippen LogP contribution >= 0.6 is 0 Å². The molecule has 24 heavy (non-hydrogen) atoms. The van der Waals surface area contributed by atoms with E-state index in [1.54, 1.807) is 14.2 Å². The fourth-order valence-corrected chi connectivity index (χ4v) is 2.40. The number of benzene rings is 2. The van der Waals surface area contributed by atoms with Crippen LogP contribution in [-0.2, 0) is 0 Å². The molecule has 0 spiro atoms. The van der Waals surface area contributed by atoms with E-state index in [9.17, 15) is 0 Å². The lowest BCUT2D eigenvalue weighted by Crippen LogP contribution is -2.07. The monoisotopic (exact) mass is 330 g/mol. The van der Waals surface area contributed by atoms with Gasteiger partial charge < -0.3 is 18.9 Å². The summed E-state index contributed by atoms with van der Waals surface area (Å²) in [6.07, 6.45) is 0.148. The van der Waals surface area contributed by atoms with Crippen LogP contribution in [0.25, 0.3) is 11.1 Å². The zero-order chi connectivity index (χ0) is 17.7. The van der Waals surface area contributed by atoms with Gasteiger partial charge in [-0.3, -0.25) is 0 Å². The summed E-state index contributed by atoms with van der Waals surface area (Å²) >= 11 is 0. The highest BCUT2D eigenvalue weighted by molar-refractivity contribution is 5.70. The van der Waals surface area contributed by atoms with Crippen LogP contribution in [0.15, 0.2) is 36.4 Å². The number of hydrogen-bond donors (Lipinski definition) is 0. The Hall–Kier alpha value is -2.36. The molecule has 0 heterocycles. The van der Waals surface area contributed by atoms with Gasteiger partial charge in [-0.1, -0.05) is 12.1 Å². The number of ether oxygens (including phenoxy) is 4. The van der Waals surface area contributed by atoms with E-state index in [-0.39, 0.29) is 12.2 Å². The van der Waals surface area contributed by atoms with Gasteiger partial charge in [0.15, 0.2) is 23.0 Å². The normalized spacial score (nSPS) is 10.8. The number of hydrogen-bond acceptors (Lipinski definition) is 4. The summed E-state index contributed by atoms with van der Waals surface area (Å²) < 4.78 is 22.5. The van der Waals surface area contributed by atoms with Crippen molar-refractivity contribution in [3.8, 4) is 34.1 Å². The summed E-state index contributed by atoms with van der Waals surface area (Å²) in [5, 5.41) is 0. The number of methoxy groups -OCH3 is 2. The summed E-state index contributed by atoms with van der Waals surface area (Å²) in [4.78, 5) is 0. The summed E-state index contributed by atoms with van der Waals surface area (Å²) in [5.41, 5.74) is 2.06. The molecule has 0 aromatic heterocycles. The predicted molar refractivity (Wildman–Crippen MR) is 96.5 cm³/mol. The van der Waals surface area contributed by atoms with E-state index in [1.165, 1.54) is 0 Å². The summed E-state index contributed by atoms with van der Waals surface area (Å²) in [6, 6.07) is 11.8. The van der Waals surface area contributed by atoms with Crippen LogP contribution in [-0.4, -0.2) is 26.4 Å². The van der Waals surface area contributed by atoms with Crippen LogP contribution in [0.4, 0.5) is 0 Å². The Labute approximate surface area is 144 Å². The van der Waals surface area contributed by atoms with Crippen LogP contribution in [0.3, 0.4) is 0 Å². The molecular formula is C20H26O4. The molecule has 4 nitrogen and oxygen atoms in total. The van der Waals surface area contributed by atoms with Crippen LogP contribution in [0.5, 0.6) is 23.0 Å². The van der Waals surface area contributed by atoms with Crippen molar-refractivity contribution >= 4 is 0 Å². The Balaban J connectivity index is 2.43. The van der Waals surface area contributed by atoms with E-state index in [1.807, 2.05) is 64.1 Å². The van der Waals surface area contributed by atoms with Crippen molar-refractivity contribution < 1.29 is 18.9 Å². The van der Waals surface area contributed by atoms with Crippen LogP contribution < -0.4 is 18.9 Å². The third-order valence-electron chi connectivity index (χ3n) is 3.39. The molecule has 0 N–H and O–H groups in total. The van der Waals surface area contributed by atoms with Gasteiger partial charge in [0, 0.05) is 0 Å². The predicted octanol–water partition coefficient (Wildman–Crippen LogP) is 4.95.